The Morgan fingerprint density at radius 3 is 3.00 bits per heavy atom. The molecule has 2 heteroatoms. The topological polar surface area (TPSA) is 12.0 Å². The number of benzene rings is 1. The predicted octanol–water partition coefficient (Wildman–Crippen LogP) is 2.92. The summed E-state index contributed by atoms with van der Waals surface area (Å²) in [5.74, 6) is -0.130. The second-order valence-electron chi connectivity index (χ2n) is 3.93. The van der Waals surface area contributed by atoms with Crippen LogP contribution in [0.4, 0.5) is 10.1 Å². The molecule has 1 aromatic rings. The van der Waals surface area contributed by atoms with Crippen LogP contribution in [-0.4, -0.2) is 6.54 Å². The molecule has 0 saturated heterocycles. The van der Waals surface area contributed by atoms with Crippen LogP contribution in [0.3, 0.4) is 0 Å². The molecule has 1 aromatic carbocycles. The molecule has 0 radical (unpaired) electrons. The first-order valence-corrected chi connectivity index (χ1v) is 4.70. The van der Waals surface area contributed by atoms with Crippen LogP contribution in [0.5, 0.6) is 0 Å². The lowest BCUT2D eigenvalue weighted by Gasteiger charge is -2.21. The molecule has 1 aliphatic rings. The van der Waals surface area contributed by atoms with Crippen LogP contribution in [0.1, 0.15) is 25.8 Å². The first kappa shape index (κ1) is 8.54. The molecule has 0 aromatic heterocycles. The van der Waals surface area contributed by atoms with E-state index in [4.69, 9.17) is 0 Å². The number of hydrogen-bond donors (Lipinski definition) is 1. The standard InChI is InChI=1S/C11H14FN/c1-3-11(2)7-13-10-8(11)5-4-6-9(10)12/h4-6,13H,3,7H2,1-2H3/t11-/m0/s1. The highest BCUT2D eigenvalue weighted by Crippen LogP contribution is 2.39. The Balaban J connectivity index is 2.55. The lowest BCUT2D eigenvalue weighted by Crippen LogP contribution is -2.22. The van der Waals surface area contributed by atoms with Crippen molar-refractivity contribution in [3.63, 3.8) is 0 Å². The van der Waals surface area contributed by atoms with E-state index in [-0.39, 0.29) is 11.2 Å². The minimum Gasteiger partial charge on any atom is -0.382 e. The van der Waals surface area contributed by atoms with Gasteiger partial charge in [0.25, 0.3) is 0 Å². The van der Waals surface area contributed by atoms with Crippen molar-refractivity contribution in [2.75, 3.05) is 11.9 Å². The van der Waals surface area contributed by atoms with Gasteiger partial charge in [0.15, 0.2) is 0 Å². The monoisotopic (exact) mass is 179 g/mol. The minimum absolute atomic E-state index is 0.109. The average molecular weight is 179 g/mol. The number of para-hydroxylation sites is 1. The zero-order chi connectivity index (χ0) is 9.47. The molecule has 0 aliphatic carbocycles. The molecule has 0 saturated carbocycles. The molecule has 0 amide bonds. The molecule has 70 valence electrons. The molecular formula is C11H14FN. The summed E-state index contributed by atoms with van der Waals surface area (Å²) in [6.07, 6.45) is 1.04. The van der Waals surface area contributed by atoms with Crippen LogP contribution in [0.2, 0.25) is 0 Å². The van der Waals surface area contributed by atoms with Crippen LogP contribution in [-0.2, 0) is 5.41 Å². The van der Waals surface area contributed by atoms with Gasteiger partial charge in [0, 0.05) is 12.0 Å². The normalized spacial score (nSPS) is 25.5. The Hall–Kier alpha value is -1.05. The van der Waals surface area contributed by atoms with Gasteiger partial charge in [-0.2, -0.15) is 0 Å². The van der Waals surface area contributed by atoms with Crippen LogP contribution >= 0.6 is 0 Å². The second kappa shape index (κ2) is 2.72. The third-order valence-electron chi connectivity index (χ3n) is 3.10. The van der Waals surface area contributed by atoms with Gasteiger partial charge in [-0.05, 0) is 18.1 Å². The number of fused-ring (bicyclic) bond motifs is 1. The molecule has 0 fully saturated rings. The number of anilines is 1. The van der Waals surface area contributed by atoms with Crippen LogP contribution in [0.15, 0.2) is 18.2 Å². The van der Waals surface area contributed by atoms with Crippen molar-refractivity contribution in [2.45, 2.75) is 25.7 Å². The maximum Gasteiger partial charge on any atom is 0.146 e. The lowest BCUT2D eigenvalue weighted by molar-refractivity contribution is 0.503. The number of rotatable bonds is 1. The first-order valence-electron chi connectivity index (χ1n) is 4.70. The summed E-state index contributed by atoms with van der Waals surface area (Å²) in [7, 11) is 0. The SMILES string of the molecule is CC[C@@]1(C)CNc2c(F)cccc21. The Morgan fingerprint density at radius 1 is 1.54 bits per heavy atom. The van der Waals surface area contributed by atoms with Gasteiger partial charge >= 0.3 is 0 Å². The van der Waals surface area contributed by atoms with E-state index < -0.39 is 0 Å². The molecule has 1 aliphatic heterocycles. The van der Waals surface area contributed by atoms with E-state index in [1.807, 2.05) is 6.07 Å². The summed E-state index contributed by atoms with van der Waals surface area (Å²) >= 11 is 0. The highest BCUT2D eigenvalue weighted by Gasteiger charge is 2.33. The van der Waals surface area contributed by atoms with Gasteiger partial charge in [-0.3, -0.25) is 0 Å². The maximum atomic E-state index is 13.3. The van der Waals surface area contributed by atoms with Gasteiger partial charge in [0.05, 0.1) is 5.69 Å². The minimum atomic E-state index is -0.130. The quantitative estimate of drug-likeness (QED) is 0.699. The molecule has 0 unspecified atom stereocenters. The van der Waals surface area contributed by atoms with Crippen LogP contribution < -0.4 is 5.32 Å². The fourth-order valence-corrected chi connectivity index (χ4v) is 1.90. The van der Waals surface area contributed by atoms with Gasteiger partial charge in [-0.15, -0.1) is 0 Å². The first-order chi connectivity index (χ1) is 6.17. The molecule has 0 bridgehead atoms. The third kappa shape index (κ3) is 1.12. The fourth-order valence-electron chi connectivity index (χ4n) is 1.90. The summed E-state index contributed by atoms with van der Waals surface area (Å²) in [4.78, 5) is 0. The van der Waals surface area contributed by atoms with Crippen molar-refractivity contribution in [1.29, 1.82) is 0 Å². The van der Waals surface area contributed by atoms with E-state index in [9.17, 15) is 4.39 Å². The highest BCUT2D eigenvalue weighted by molar-refractivity contribution is 5.60. The third-order valence-corrected chi connectivity index (χ3v) is 3.10. The predicted molar refractivity (Wildman–Crippen MR) is 52.5 cm³/mol. The van der Waals surface area contributed by atoms with Crippen molar-refractivity contribution in [3.05, 3.63) is 29.6 Å². The van der Waals surface area contributed by atoms with Crippen molar-refractivity contribution >= 4 is 5.69 Å². The smallest absolute Gasteiger partial charge is 0.146 e. The Bertz CT molecular complexity index is 335. The maximum absolute atomic E-state index is 13.3. The molecule has 1 heterocycles. The van der Waals surface area contributed by atoms with E-state index in [0.29, 0.717) is 5.69 Å². The van der Waals surface area contributed by atoms with Gasteiger partial charge in [0.1, 0.15) is 5.82 Å². The second-order valence-corrected chi connectivity index (χ2v) is 3.93. The summed E-state index contributed by atoms with van der Waals surface area (Å²) in [6.45, 7) is 5.16. The van der Waals surface area contributed by atoms with Gasteiger partial charge in [-0.25, -0.2) is 4.39 Å². The molecule has 2 rings (SSSR count). The zero-order valence-electron chi connectivity index (χ0n) is 8.02. The average Bonchev–Trinajstić information content (AvgIpc) is 2.47. The largest absolute Gasteiger partial charge is 0.382 e. The van der Waals surface area contributed by atoms with Crippen molar-refractivity contribution < 1.29 is 4.39 Å². The van der Waals surface area contributed by atoms with Crippen molar-refractivity contribution in [1.82, 2.24) is 0 Å². The van der Waals surface area contributed by atoms with Gasteiger partial charge in [-0.1, -0.05) is 26.0 Å². The molecule has 0 spiro atoms. The van der Waals surface area contributed by atoms with Crippen LogP contribution in [0.25, 0.3) is 0 Å². The van der Waals surface area contributed by atoms with Gasteiger partial charge in [0.2, 0.25) is 0 Å². The van der Waals surface area contributed by atoms with Crippen molar-refractivity contribution in [2.24, 2.45) is 0 Å². The number of nitrogens with one attached hydrogen (secondary N) is 1. The summed E-state index contributed by atoms with van der Waals surface area (Å²) < 4.78 is 13.3. The van der Waals surface area contributed by atoms with Crippen molar-refractivity contribution in [3.8, 4) is 0 Å². The van der Waals surface area contributed by atoms with E-state index in [2.05, 4.69) is 19.2 Å². The summed E-state index contributed by atoms with van der Waals surface area (Å²) in [6, 6.07) is 5.31. The molecule has 13 heavy (non-hydrogen) atoms. The molecule has 1 atom stereocenters. The number of hydrogen-bond acceptors (Lipinski definition) is 1. The van der Waals surface area contributed by atoms with E-state index in [1.165, 1.54) is 6.07 Å². The molecule has 1 nitrogen and oxygen atoms in total. The zero-order valence-corrected chi connectivity index (χ0v) is 8.02. The van der Waals surface area contributed by atoms with Gasteiger partial charge < -0.3 is 5.32 Å². The lowest BCUT2D eigenvalue weighted by atomic mass is 9.82. The Labute approximate surface area is 78.0 Å². The Morgan fingerprint density at radius 2 is 2.31 bits per heavy atom. The summed E-state index contributed by atoms with van der Waals surface area (Å²) in [5, 5.41) is 3.13. The Kier molecular flexibility index (Phi) is 1.79. The van der Waals surface area contributed by atoms with E-state index >= 15 is 0 Å². The highest BCUT2D eigenvalue weighted by atomic mass is 19.1. The van der Waals surface area contributed by atoms with E-state index in [1.54, 1.807) is 6.07 Å². The molecular weight excluding hydrogens is 165 g/mol. The fraction of sp³-hybridized carbons (Fsp3) is 0.455. The summed E-state index contributed by atoms with van der Waals surface area (Å²) in [5.41, 5.74) is 1.93. The number of halogens is 1. The molecule has 1 N–H and O–H groups in total. The van der Waals surface area contributed by atoms with E-state index in [0.717, 1.165) is 18.5 Å². The van der Waals surface area contributed by atoms with Crippen LogP contribution in [0, 0.1) is 5.82 Å².